The van der Waals surface area contributed by atoms with Crippen molar-refractivity contribution >= 4 is 7.60 Å². The normalized spacial score (nSPS) is 11.9. The minimum absolute atomic E-state index is 0.462. The summed E-state index contributed by atoms with van der Waals surface area (Å²) in [5.74, 6) is 0. The average Bonchev–Trinajstić information content (AvgIpc) is 2.00. The second-order valence-corrected chi connectivity index (χ2v) is 4.31. The van der Waals surface area contributed by atoms with Crippen LogP contribution >= 0.6 is 7.60 Å². The molecule has 0 saturated carbocycles. The Bertz CT molecular complexity index is 116. The topological polar surface area (TPSA) is 35.5 Å². The lowest BCUT2D eigenvalue weighted by molar-refractivity contribution is 0.275. The lowest BCUT2D eigenvalue weighted by Crippen LogP contribution is -1.93. The third-order valence-corrected chi connectivity index (χ3v) is 3.21. The van der Waals surface area contributed by atoms with E-state index in [1.54, 1.807) is 0 Å². The lowest BCUT2D eigenvalue weighted by atomic mass is 10.4. The van der Waals surface area contributed by atoms with Crippen molar-refractivity contribution in [1.29, 1.82) is 0 Å². The second-order valence-electron chi connectivity index (χ2n) is 1.91. The zero-order valence-electron chi connectivity index (χ0n) is 6.50. The molecule has 0 unspecified atom stereocenters. The Morgan fingerprint density at radius 1 is 1.40 bits per heavy atom. The summed E-state index contributed by atoms with van der Waals surface area (Å²) in [5, 5.41) is 0. The van der Waals surface area contributed by atoms with Gasteiger partial charge in [0.2, 0.25) is 0 Å². The molecule has 0 N–H and O–H groups in total. The van der Waals surface area contributed by atoms with Gasteiger partial charge in [0.1, 0.15) is 0 Å². The van der Waals surface area contributed by atoms with Crippen LogP contribution in [0.1, 0.15) is 12.8 Å². The summed E-state index contributed by atoms with van der Waals surface area (Å²) in [5.41, 5.74) is 0. The van der Waals surface area contributed by atoms with E-state index in [-0.39, 0.29) is 0 Å². The molecule has 0 heterocycles. The fourth-order valence-corrected chi connectivity index (χ4v) is 1.69. The number of hydrogen-bond donors (Lipinski definition) is 0. The highest BCUT2D eigenvalue weighted by atomic mass is 31.2. The summed E-state index contributed by atoms with van der Waals surface area (Å²) in [6, 6.07) is 0. The van der Waals surface area contributed by atoms with E-state index in [4.69, 9.17) is 9.05 Å². The van der Waals surface area contributed by atoms with E-state index in [1.807, 2.05) is 0 Å². The highest BCUT2D eigenvalue weighted by Gasteiger charge is 2.18. The number of hydrogen-bond acceptors (Lipinski definition) is 3. The third-order valence-electron chi connectivity index (χ3n) is 1.24. The molecule has 0 spiro atoms. The summed E-state index contributed by atoms with van der Waals surface area (Å²) in [7, 11) is 0.0547. The maximum Gasteiger partial charge on any atom is 0.330 e. The highest BCUT2D eigenvalue weighted by molar-refractivity contribution is 7.53. The number of rotatable bonds is 5. The van der Waals surface area contributed by atoms with Gasteiger partial charge in [-0.3, -0.25) is 4.57 Å². The first kappa shape index (κ1) is 10.2. The summed E-state index contributed by atoms with van der Waals surface area (Å²) in [6.07, 6.45) is 2.00. The Morgan fingerprint density at radius 2 is 1.90 bits per heavy atom. The molecular weight excluding hydrogens is 151 g/mol. The molecule has 0 aromatic heterocycles. The molecule has 3 nitrogen and oxygen atoms in total. The van der Waals surface area contributed by atoms with Crippen LogP contribution in [0.2, 0.25) is 0 Å². The molecule has 0 bridgehead atoms. The van der Waals surface area contributed by atoms with Gasteiger partial charge in [0.15, 0.2) is 0 Å². The Morgan fingerprint density at radius 3 is 2.20 bits per heavy atom. The molecule has 4 heteroatoms. The van der Waals surface area contributed by atoms with E-state index in [2.05, 4.69) is 6.92 Å². The summed E-state index contributed by atoms with van der Waals surface area (Å²) >= 11 is 0. The largest absolute Gasteiger partial charge is 0.330 e. The van der Waals surface area contributed by atoms with E-state index >= 15 is 0 Å². The van der Waals surface area contributed by atoms with Crippen molar-refractivity contribution in [3.8, 4) is 0 Å². The molecule has 0 atom stereocenters. The van der Waals surface area contributed by atoms with Crippen molar-refractivity contribution in [3.05, 3.63) is 6.92 Å². The summed E-state index contributed by atoms with van der Waals surface area (Å²) in [4.78, 5) is 0. The van der Waals surface area contributed by atoms with Crippen LogP contribution in [0.3, 0.4) is 0 Å². The average molecular weight is 165 g/mol. The predicted octanol–water partition coefficient (Wildman–Crippen LogP) is 2.09. The molecule has 0 aliphatic heterocycles. The fourth-order valence-electron chi connectivity index (χ4n) is 0.563. The van der Waals surface area contributed by atoms with E-state index in [0.717, 1.165) is 12.8 Å². The van der Waals surface area contributed by atoms with Crippen molar-refractivity contribution in [2.24, 2.45) is 0 Å². The Labute approximate surface area is 62.3 Å². The molecule has 61 valence electrons. The van der Waals surface area contributed by atoms with Gasteiger partial charge in [0.05, 0.1) is 6.16 Å². The molecule has 10 heavy (non-hydrogen) atoms. The van der Waals surface area contributed by atoms with E-state index in [1.165, 1.54) is 14.2 Å². The number of unbranched alkanes of at least 4 members (excludes halogenated alkanes) is 1. The molecular formula is C6H14O3P. The minimum Gasteiger partial charge on any atom is -0.312 e. The van der Waals surface area contributed by atoms with Gasteiger partial charge in [-0.15, -0.1) is 0 Å². The van der Waals surface area contributed by atoms with Crippen molar-refractivity contribution < 1.29 is 13.6 Å². The van der Waals surface area contributed by atoms with Crippen LogP contribution in [0.5, 0.6) is 0 Å². The molecule has 0 aliphatic carbocycles. The van der Waals surface area contributed by atoms with Crippen molar-refractivity contribution in [1.82, 2.24) is 0 Å². The molecule has 0 aromatic rings. The SMILES string of the molecule is [CH2]CCCP(=O)(OC)OC. The maximum absolute atomic E-state index is 11.2. The Balaban J connectivity index is 3.70. The van der Waals surface area contributed by atoms with Crippen LogP contribution in [0.15, 0.2) is 0 Å². The van der Waals surface area contributed by atoms with Crippen LogP contribution in [-0.4, -0.2) is 20.4 Å². The van der Waals surface area contributed by atoms with Crippen molar-refractivity contribution in [2.45, 2.75) is 12.8 Å². The van der Waals surface area contributed by atoms with Gasteiger partial charge in [0.25, 0.3) is 0 Å². The zero-order chi connectivity index (χ0) is 8.04. The summed E-state index contributed by atoms with van der Waals surface area (Å²) < 4.78 is 20.6. The first-order valence-corrected chi connectivity index (χ1v) is 4.91. The molecule has 0 aliphatic rings. The predicted molar refractivity (Wildman–Crippen MR) is 41.1 cm³/mol. The van der Waals surface area contributed by atoms with E-state index < -0.39 is 7.60 Å². The van der Waals surface area contributed by atoms with Gasteiger partial charge in [0, 0.05) is 14.2 Å². The Kier molecular flexibility index (Phi) is 4.96. The van der Waals surface area contributed by atoms with E-state index in [0.29, 0.717) is 6.16 Å². The lowest BCUT2D eigenvalue weighted by Gasteiger charge is -2.11. The van der Waals surface area contributed by atoms with Crippen LogP contribution in [0.4, 0.5) is 0 Å². The highest BCUT2D eigenvalue weighted by Crippen LogP contribution is 2.46. The monoisotopic (exact) mass is 165 g/mol. The van der Waals surface area contributed by atoms with Gasteiger partial charge in [-0.25, -0.2) is 0 Å². The standard InChI is InChI=1S/C6H14O3P/c1-4-5-6-10(7,8-2)9-3/h1,4-6H2,2-3H3. The summed E-state index contributed by atoms with van der Waals surface area (Å²) in [6.45, 7) is 3.63. The van der Waals surface area contributed by atoms with Gasteiger partial charge >= 0.3 is 7.60 Å². The fraction of sp³-hybridized carbons (Fsp3) is 0.833. The zero-order valence-corrected chi connectivity index (χ0v) is 7.39. The first-order valence-electron chi connectivity index (χ1n) is 3.18. The molecule has 0 saturated heterocycles. The van der Waals surface area contributed by atoms with Crippen molar-refractivity contribution in [2.75, 3.05) is 20.4 Å². The minimum atomic E-state index is -2.74. The first-order chi connectivity index (χ1) is 4.68. The van der Waals surface area contributed by atoms with Gasteiger partial charge in [-0.2, -0.15) is 0 Å². The maximum atomic E-state index is 11.2. The molecule has 0 fully saturated rings. The smallest absolute Gasteiger partial charge is 0.312 e. The Hall–Kier alpha value is 0.150. The third kappa shape index (κ3) is 3.35. The second kappa shape index (κ2) is 4.89. The van der Waals surface area contributed by atoms with Crippen LogP contribution in [-0.2, 0) is 13.6 Å². The van der Waals surface area contributed by atoms with Crippen LogP contribution in [0.25, 0.3) is 0 Å². The van der Waals surface area contributed by atoms with Crippen molar-refractivity contribution in [3.63, 3.8) is 0 Å². The van der Waals surface area contributed by atoms with E-state index in [9.17, 15) is 4.57 Å². The van der Waals surface area contributed by atoms with Gasteiger partial charge in [-0.05, 0) is 6.42 Å². The molecule has 0 amide bonds. The van der Waals surface area contributed by atoms with Gasteiger partial charge in [-0.1, -0.05) is 13.3 Å². The molecule has 0 rings (SSSR count). The van der Waals surface area contributed by atoms with Crippen LogP contribution in [0, 0.1) is 6.92 Å². The molecule has 1 radical (unpaired) electrons. The van der Waals surface area contributed by atoms with Crippen LogP contribution < -0.4 is 0 Å². The van der Waals surface area contributed by atoms with Gasteiger partial charge < -0.3 is 9.05 Å². The quantitative estimate of drug-likeness (QED) is 0.585. The molecule has 0 aromatic carbocycles.